The Morgan fingerprint density at radius 3 is 2.47 bits per heavy atom. The summed E-state index contributed by atoms with van der Waals surface area (Å²) in [5.41, 5.74) is 2.43. The highest BCUT2D eigenvalue weighted by molar-refractivity contribution is 5.96. The van der Waals surface area contributed by atoms with E-state index in [1.807, 2.05) is 41.4 Å². The van der Waals surface area contributed by atoms with Crippen molar-refractivity contribution in [3.8, 4) is 0 Å². The number of hydrogen-bond donors (Lipinski definition) is 1. The van der Waals surface area contributed by atoms with E-state index in [1.54, 1.807) is 0 Å². The number of aliphatic hydroxyl groups is 1. The highest BCUT2D eigenvalue weighted by Gasteiger charge is 2.36. The number of hydrogen-bond acceptors (Lipinski definition) is 5. The summed E-state index contributed by atoms with van der Waals surface area (Å²) in [5, 5.41) is 10.6. The van der Waals surface area contributed by atoms with Crippen molar-refractivity contribution >= 4 is 17.4 Å². The molecule has 5 rings (SSSR count). The molecule has 0 spiro atoms. The third kappa shape index (κ3) is 4.14. The molecular weight excluding hydrogens is 400 g/mol. The van der Waals surface area contributed by atoms with E-state index in [-0.39, 0.29) is 11.8 Å². The fraction of sp³-hybridized carbons (Fsp3) is 0.538. The Balaban J connectivity index is 1.30. The lowest BCUT2D eigenvalue weighted by Gasteiger charge is -2.38. The zero-order valence-electron chi connectivity index (χ0n) is 19.0. The zero-order chi connectivity index (χ0) is 22.1. The Hall–Kier alpha value is -2.44. The molecule has 1 unspecified atom stereocenters. The van der Waals surface area contributed by atoms with Crippen LogP contribution in [0, 0.1) is 5.92 Å². The first-order chi connectivity index (χ1) is 15.5. The molecule has 3 heterocycles. The van der Waals surface area contributed by atoms with Crippen molar-refractivity contribution in [3.05, 3.63) is 53.7 Å². The lowest BCUT2D eigenvalue weighted by atomic mass is 9.75. The quantitative estimate of drug-likeness (QED) is 0.783. The van der Waals surface area contributed by atoms with Crippen LogP contribution >= 0.6 is 0 Å². The molecule has 170 valence electrons. The van der Waals surface area contributed by atoms with Crippen LogP contribution in [0.2, 0.25) is 0 Å². The Morgan fingerprint density at radius 2 is 1.78 bits per heavy atom. The van der Waals surface area contributed by atoms with Crippen molar-refractivity contribution in [2.75, 3.05) is 49.6 Å². The largest absolute Gasteiger partial charge is 0.385 e. The van der Waals surface area contributed by atoms with E-state index in [0.717, 1.165) is 88.3 Å². The highest BCUT2D eigenvalue weighted by atomic mass is 16.3. The van der Waals surface area contributed by atoms with Crippen LogP contribution in [0.3, 0.4) is 0 Å². The first-order valence-electron chi connectivity index (χ1n) is 12.1. The number of likely N-dealkylation sites (N-methyl/N-ethyl adjacent to an activating group) is 1. The number of benzene rings is 1. The van der Waals surface area contributed by atoms with Gasteiger partial charge in [-0.1, -0.05) is 18.2 Å². The highest BCUT2D eigenvalue weighted by Crippen LogP contribution is 2.41. The molecule has 0 bridgehead atoms. The molecule has 6 nitrogen and oxygen atoms in total. The van der Waals surface area contributed by atoms with Crippen molar-refractivity contribution in [2.45, 2.75) is 44.1 Å². The van der Waals surface area contributed by atoms with Gasteiger partial charge in [-0.3, -0.25) is 4.79 Å². The summed E-state index contributed by atoms with van der Waals surface area (Å²) in [6.45, 7) is 4.79. The van der Waals surface area contributed by atoms with Gasteiger partial charge in [0.2, 0.25) is 5.91 Å². The van der Waals surface area contributed by atoms with Crippen molar-refractivity contribution in [3.63, 3.8) is 0 Å². The summed E-state index contributed by atoms with van der Waals surface area (Å²) in [6.07, 6.45) is 7.27. The van der Waals surface area contributed by atoms with Crippen LogP contribution < -0.4 is 9.80 Å². The Labute approximate surface area is 190 Å². The summed E-state index contributed by atoms with van der Waals surface area (Å²) in [6, 6.07) is 12.1. The molecule has 1 aliphatic carbocycles. The fourth-order valence-electron chi connectivity index (χ4n) is 5.31. The molecule has 1 amide bonds. The molecule has 1 aromatic heterocycles. The average molecular weight is 435 g/mol. The number of amides is 1. The standard InChI is InChI=1S/C26H34N4O2/c1-28-15-17-29(18-16-28)24-20(5-2-13-27-24)19-21-6-3-14-30(25(21)31)23-9-7-22(8-10-23)26(32)11-4-12-26/h2,5,7-10,13,21,32H,3-4,6,11-12,14-19H2,1H3. The van der Waals surface area contributed by atoms with Gasteiger partial charge in [0.05, 0.1) is 5.60 Å². The zero-order valence-corrected chi connectivity index (χ0v) is 19.0. The van der Waals surface area contributed by atoms with Crippen LogP contribution in [-0.2, 0) is 16.8 Å². The van der Waals surface area contributed by atoms with E-state index >= 15 is 0 Å². The number of aromatic nitrogens is 1. The molecule has 2 aromatic rings. The molecule has 1 N–H and O–H groups in total. The molecule has 32 heavy (non-hydrogen) atoms. The Bertz CT molecular complexity index is 949. The smallest absolute Gasteiger partial charge is 0.230 e. The van der Waals surface area contributed by atoms with E-state index < -0.39 is 5.60 Å². The average Bonchev–Trinajstić information content (AvgIpc) is 2.80. The van der Waals surface area contributed by atoms with E-state index in [4.69, 9.17) is 4.98 Å². The van der Waals surface area contributed by atoms with Gasteiger partial charge in [-0.05, 0) is 74.9 Å². The van der Waals surface area contributed by atoms with E-state index in [1.165, 1.54) is 5.56 Å². The molecule has 1 atom stereocenters. The predicted octanol–water partition coefficient (Wildman–Crippen LogP) is 3.19. The van der Waals surface area contributed by atoms with Crippen LogP contribution in [0.1, 0.15) is 43.2 Å². The molecule has 1 saturated carbocycles. The molecule has 3 fully saturated rings. The summed E-state index contributed by atoms with van der Waals surface area (Å²) in [4.78, 5) is 24.8. The lowest BCUT2D eigenvalue weighted by molar-refractivity contribution is -0.123. The van der Waals surface area contributed by atoms with E-state index in [2.05, 4.69) is 22.9 Å². The van der Waals surface area contributed by atoms with Gasteiger partial charge in [-0.15, -0.1) is 0 Å². The van der Waals surface area contributed by atoms with Crippen LogP contribution in [0.15, 0.2) is 42.6 Å². The van der Waals surface area contributed by atoms with Gasteiger partial charge >= 0.3 is 0 Å². The SMILES string of the molecule is CN1CCN(c2ncccc2CC2CCCN(c3ccc(C4(O)CCC4)cc3)C2=O)CC1. The predicted molar refractivity (Wildman–Crippen MR) is 127 cm³/mol. The molecule has 2 aliphatic heterocycles. The summed E-state index contributed by atoms with van der Waals surface area (Å²) >= 11 is 0. The van der Waals surface area contributed by atoms with Gasteiger partial charge in [-0.25, -0.2) is 4.98 Å². The maximum absolute atomic E-state index is 13.4. The molecule has 6 heteroatoms. The van der Waals surface area contributed by atoms with Crippen molar-refractivity contribution in [2.24, 2.45) is 5.92 Å². The number of pyridine rings is 1. The number of piperazine rings is 1. The third-order valence-electron chi connectivity index (χ3n) is 7.58. The maximum atomic E-state index is 13.4. The maximum Gasteiger partial charge on any atom is 0.230 e. The summed E-state index contributed by atoms with van der Waals surface area (Å²) in [5.74, 6) is 1.23. The first kappa shape index (κ1) is 21.4. The van der Waals surface area contributed by atoms with Crippen LogP contribution in [0.4, 0.5) is 11.5 Å². The van der Waals surface area contributed by atoms with Gasteiger partial charge in [0.1, 0.15) is 5.82 Å². The van der Waals surface area contributed by atoms with Gasteiger partial charge in [-0.2, -0.15) is 0 Å². The normalized spacial score (nSPS) is 23.8. The molecule has 1 aromatic carbocycles. The monoisotopic (exact) mass is 434 g/mol. The minimum atomic E-state index is -0.660. The molecular formula is C26H34N4O2. The second-order valence-electron chi connectivity index (χ2n) is 9.74. The third-order valence-corrected chi connectivity index (χ3v) is 7.58. The second kappa shape index (κ2) is 8.83. The Morgan fingerprint density at radius 1 is 1.03 bits per heavy atom. The van der Waals surface area contributed by atoms with Gasteiger partial charge < -0.3 is 19.8 Å². The van der Waals surface area contributed by atoms with Gasteiger partial charge in [0.25, 0.3) is 0 Å². The minimum Gasteiger partial charge on any atom is -0.385 e. The van der Waals surface area contributed by atoms with Crippen molar-refractivity contribution in [1.82, 2.24) is 9.88 Å². The fourth-order valence-corrected chi connectivity index (χ4v) is 5.31. The first-order valence-corrected chi connectivity index (χ1v) is 12.1. The van der Waals surface area contributed by atoms with Crippen LogP contribution in [0.5, 0.6) is 0 Å². The van der Waals surface area contributed by atoms with Crippen molar-refractivity contribution in [1.29, 1.82) is 0 Å². The van der Waals surface area contributed by atoms with Gasteiger partial charge in [0, 0.05) is 50.5 Å². The number of carbonyl (C=O) groups excluding carboxylic acids is 1. The van der Waals surface area contributed by atoms with Crippen molar-refractivity contribution < 1.29 is 9.90 Å². The molecule has 2 saturated heterocycles. The second-order valence-corrected chi connectivity index (χ2v) is 9.74. The number of piperidine rings is 1. The number of rotatable bonds is 5. The minimum absolute atomic E-state index is 0.0188. The number of anilines is 2. The topological polar surface area (TPSA) is 59.9 Å². The van der Waals surface area contributed by atoms with E-state index in [9.17, 15) is 9.90 Å². The lowest BCUT2D eigenvalue weighted by Crippen LogP contribution is -2.45. The van der Waals surface area contributed by atoms with Gasteiger partial charge in [0.15, 0.2) is 0 Å². The molecule has 3 aliphatic rings. The van der Waals surface area contributed by atoms with Crippen LogP contribution in [0.25, 0.3) is 0 Å². The molecule has 0 radical (unpaired) electrons. The van der Waals surface area contributed by atoms with Crippen LogP contribution in [-0.4, -0.2) is 60.7 Å². The summed E-state index contributed by atoms with van der Waals surface area (Å²) in [7, 11) is 2.16. The Kier molecular flexibility index (Phi) is 5.91. The van der Waals surface area contributed by atoms with E-state index in [0.29, 0.717) is 0 Å². The number of carbonyl (C=O) groups is 1. The summed E-state index contributed by atoms with van der Waals surface area (Å²) < 4.78 is 0. The number of nitrogens with zero attached hydrogens (tertiary/aromatic N) is 4.